The van der Waals surface area contributed by atoms with Crippen LogP contribution in [0.3, 0.4) is 0 Å². The molecule has 0 N–H and O–H groups in total. The van der Waals surface area contributed by atoms with Gasteiger partial charge in [0.05, 0.1) is 13.2 Å². The first-order valence-corrected chi connectivity index (χ1v) is 8.72. The zero-order valence-electron chi connectivity index (χ0n) is 14.9. The smallest absolute Gasteiger partial charge is 0.260 e. The Bertz CT molecular complexity index is 689. The number of carbonyl (C=O) groups excluding carboxylic acids is 1. The minimum Gasteiger partial charge on any atom is -0.484 e. The van der Waals surface area contributed by atoms with Crippen LogP contribution in [-0.4, -0.2) is 43.7 Å². The molecule has 3 rings (SSSR count). The van der Waals surface area contributed by atoms with E-state index < -0.39 is 0 Å². The maximum Gasteiger partial charge on any atom is 0.260 e. The van der Waals surface area contributed by atoms with Crippen molar-refractivity contribution in [3.8, 4) is 5.75 Å². The second kappa shape index (κ2) is 7.70. The lowest BCUT2D eigenvalue weighted by Gasteiger charge is -2.27. The molecule has 0 unspecified atom stereocenters. The summed E-state index contributed by atoms with van der Waals surface area (Å²) in [5.41, 5.74) is 2.40. The summed E-state index contributed by atoms with van der Waals surface area (Å²) >= 11 is 0. The Balaban J connectivity index is 1.61. The third-order valence-corrected chi connectivity index (χ3v) is 4.80. The first-order chi connectivity index (χ1) is 12.1. The van der Waals surface area contributed by atoms with Crippen LogP contribution in [0.15, 0.2) is 54.6 Å². The summed E-state index contributed by atoms with van der Waals surface area (Å²) in [5.74, 6) is 0.728. The van der Waals surface area contributed by atoms with Crippen molar-refractivity contribution in [3.63, 3.8) is 0 Å². The van der Waals surface area contributed by atoms with E-state index in [0.717, 1.165) is 0 Å². The first kappa shape index (κ1) is 17.5. The van der Waals surface area contributed by atoms with Crippen molar-refractivity contribution in [1.82, 2.24) is 4.90 Å². The Labute approximate surface area is 149 Å². The summed E-state index contributed by atoms with van der Waals surface area (Å²) in [6, 6.07) is 18.5. The normalized spacial score (nSPS) is 15.0. The Kier molecular flexibility index (Phi) is 5.39. The number of nitrogens with zero attached hydrogens (tertiary/aromatic N) is 1. The predicted octanol–water partition coefficient (Wildman–Crippen LogP) is 3.25. The largest absolute Gasteiger partial charge is 0.484 e. The van der Waals surface area contributed by atoms with Crippen molar-refractivity contribution < 1.29 is 14.3 Å². The van der Waals surface area contributed by atoms with Gasteiger partial charge in [-0.3, -0.25) is 4.79 Å². The average molecular weight is 339 g/mol. The van der Waals surface area contributed by atoms with E-state index in [1.807, 2.05) is 18.2 Å². The molecule has 1 aliphatic rings. The summed E-state index contributed by atoms with van der Waals surface area (Å²) in [7, 11) is 0. The summed E-state index contributed by atoms with van der Waals surface area (Å²) in [6.45, 7) is 6.99. The van der Waals surface area contributed by atoms with Gasteiger partial charge in [-0.2, -0.15) is 0 Å². The lowest BCUT2D eigenvalue weighted by atomic mass is 9.78. The standard InChI is InChI=1S/C21H25NO3/c1-21(2,17-6-4-3-5-7-17)18-8-10-19(11-9-18)25-16-20(23)22-12-14-24-15-13-22/h3-11H,12-16H2,1-2H3. The maximum atomic E-state index is 12.1. The molecule has 4 nitrogen and oxygen atoms in total. The van der Waals surface area contributed by atoms with Crippen molar-refractivity contribution in [2.24, 2.45) is 0 Å². The molecule has 0 aromatic heterocycles. The molecule has 2 aromatic carbocycles. The van der Waals surface area contributed by atoms with Gasteiger partial charge in [0.25, 0.3) is 5.91 Å². The fraction of sp³-hybridized carbons (Fsp3) is 0.381. The highest BCUT2D eigenvalue weighted by Gasteiger charge is 2.23. The molecule has 1 aliphatic heterocycles. The number of ether oxygens (including phenoxy) is 2. The van der Waals surface area contributed by atoms with Crippen molar-refractivity contribution in [2.75, 3.05) is 32.9 Å². The van der Waals surface area contributed by atoms with Crippen LogP contribution < -0.4 is 4.74 Å². The van der Waals surface area contributed by atoms with Gasteiger partial charge in [-0.1, -0.05) is 56.3 Å². The SMILES string of the molecule is CC(C)(c1ccccc1)c1ccc(OCC(=O)N2CCOCC2)cc1. The summed E-state index contributed by atoms with van der Waals surface area (Å²) in [5, 5.41) is 0. The Morgan fingerprint density at radius 3 is 2.24 bits per heavy atom. The summed E-state index contributed by atoms with van der Waals surface area (Å²) in [4.78, 5) is 13.9. The lowest BCUT2D eigenvalue weighted by Crippen LogP contribution is -2.42. The molecule has 0 bridgehead atoms. The van der Waals surface area contributed by atoms with Crippen molar-refractivity contribution in [3.05, 3.63) is 65.7 Å². The molecule has 1 heterocycles. The molecule has 4 heteroatoms. The molecule has 1 amide bonds. The Morgan fingerprint density at radius 2 is 1.60 bits per heavy atom. The number of amides is 1. The highest BCUT2D eigenvalue weighted by atomic mass is 16.5. The maximum absolute atomic E-state index is 12.1. The van der Waals surface area contributed by atoms with Crippen LogP contribution in [0.4, 0.5) is 0 Å². The van der Waals surface area contributed by atoms with Gasteiger partial charge in [-0.25, -0.2) is 0 Å². The van der Waals surface area contributed by atoms with E-state index in [0.29, 0.717) is 32.1 Å². The van der Waals surface area contributed by atoms with E-state index in [1.165, 1.54) is 11.1 Å². The number of hydrogen-bond acceptors (Lipinski definition) is 3. The zero-order chi connectivity index (χ0) is 17.7. The molecular weight excluding hydrogens is 314 g/mol. The number of hydrogen-bond donors (Lipinski definition) is 0. The van der Waals surface area contributed by atoms with E-state index in [4.69, 9.17) is 9.47 Å². The molecule has 0 atom stereocenters. The number of rotatable bonds is 5. The van der Waals surface area contributed by atoms with Crippen molar-refractivity contribution >= 4 is 5.91 Å². The monoisotopic (exact) mass is 339 g/mol. The van der Waals surface area contributed by atoms with Crippen LogP contribution in [0.1, 0.15) is 25.0 Å². The number of benzene rings is 2. The summed E-state index contributed by atoms with van der Waals surface area (Å²) in [6.07, 6.45) is 0. The lowest BCUT2D eigenvalue weighted by molar-refractivity contribution is -0.137. The molecule has 0 spiro atoms. The van der Waals surface area contributed by atoms with Crippen LogP contribution in [0.25, 0.3) is 0 Å². The van der Waals surface area contributed by atoms with Gasteiger partial charge in [0.2, 0.25) is 0 Å². The minimum absolute atomic E-state index is 0.0111. The van der Waals surface area contributed by atoms with Gasteiger partial charge in [0.15, 0.2) is 6.61 Å². The molecule has 132 valence electrons. The van der Waals surface area contributed by atoms with Gasteiger partial charge in [0, 0.05) is 18.5 Å². The molecule has 25 heavy (non-hydrogen) atoms. The fourth-order valence-corrected chi connectivity index (χ4v) is 3.04. The topological polar surface area (TPSA) is 38.8 Å². The third kappa shape index (κ3) is 4.20. The highest BCUT2D eigenvalue weighted by Crippen LogP contribution is 2.32. The van der Waals surface area contributed by atoms with Gasteiger partial charge in [0.1, 0.15) is 5.75 Å². The van der Waals surface area contributed by atoms with Gasteiger partial charge in [-0.05, 0) is 23.3 Å². The predicted molar refractivity (Wildman–Crippen MR) is 97.9 cm³/mol. The second-order valence-electron chi connectivity index (χ2n) is 6.80. The zero-order valence-corrected chi connectivity index (χ0v) is 14.9. The van der Waals surface area contributed by atoms with Crippen LogP contribution in [-0.2, 0) is 14.9 Å². The molecule has 2 aromatic rings. The van der Waals surface area contributed by atoms with E-state index in [-0.39, 0.29) is 17.9 Å². The van der Waals surface area contributed by atoms with E-state index in [1.54, 1.807) is 4.90 Å². The highest BCUT2D eigenvalue weighted by molar-refractivity contribution is 5.77. The van der Waals surface area contributed by atoms with E-state index in [2.05, 4.69) is 50.2 Å². The van der Waals surface area contributed by atoms with Gasteiger partial charge in [-0.15, -0.1) is 0 Å². The van der Waals surface area contributed by atoms with Crippen molar-refractivity contribution in [2.45, 2.75) is 19.3 Å². The average Bonchev–Trinajstić information content (AvgIpc) is 2.68. The van der Waals surface area contributed by atoms with Gasteiger partial charge >= 0.3 is 0 Å². The number of morpholine rings is 1. The van der Waals surface area contributed by atoms with Crippen LogP contribution in [0, 0.1) is 0 Å². The van der Waals surface area contributed by atoms with E-state index >= 15 is 0 Å². The van der Waals surface area contributed by atoms with Crippen LogP contribution in [0.2, 0.25) is 0 Å². The third-order valence-electron chi connectivity index (χ3n) is 4.80. The van der Waals surface area contributed by atoms with Gasteiger partial charge < -0.3 is 14.4 Å². The molecule has 1 fully saturated rings. The van der Waals surface area contributed by atoms with Crippen LogP contribution in [0.5, 0.6) is 5.75 Å². The number of carbonyl (C=O) groups is 1. The Morgan fingerprint density at radius 1 is 1.00 bits per heavy atom. The molecule has 0 saturated carbocycles. The minimum atomic E-state index is -0.0799. The fourth-order valence-electron chi connectivity index (χ4n) is 3.04. The molecule has 0 radical (unpaired) electrons. The molecule has 1 saturated heterocycles. The second-order valence-corrected chi connectivity index (χ2v) is 6.80. The van der Waals surface area contributed by atoms with Crippen molar-refractivity contribution in [1.29, 1.82) is 0 Å². The Hall–Kier alpha value is -2.33. The van der Waals surface area contributed by atoms with E-state index in [9.17, 15) is 4.79 Å². The molecular formula is C21H25NO3. The molecule has 0 aliphatic carbocycles. The first-order valence-electron chi connectivity index (χ1n) is 8.72. The summed E-state index contributed by atoms with van der Waals surface area (Å²) < 4.78 is 10.9. The van der Waals surface area contributed by atoms with Crippen LogP contribution >= 0.6 is 0 Å². The quantitative estimate of drug-likeness (QED) is 0.839.